The van der Waals surface area contributed by atoms with Crippen molar-refractivity contribution in [3.8, 4) is 17.0 Å². The zero-order valence-corrected chi connectivity index (χ0v) is 17.9. The molecule has 1 aliphatic carbocycles. The van der Waals surface area contributed by atoms with Gasteiger partial charge < -0.3 is 20.3 Å². The molecule has 0 bridgehead atoms. The molecule has 3 aromatic rings. The van der Waals surface area contributed by atoms with Crippen LogP contribution in [-0.2, 0) is 7.05 Å². The second kappa shape index (κ2) is 8.29. The minimum absolute atomic E-state index is 0.00471. The number of aromatic hydroxyl groups is 1. The van der Waals surface area contributed by atoms with Crippen LogP contribution < -0.4 is 10.6 Å². The Morgan fingerprint density at radius 3 is 2.55 bits per heavy atom. The predicted octanol–water partition coefficient (Wildman–Crippen LogP) is 4.08. The first-order chi connectivity index (χ1) is 14.8. The molecular weight excluding hydrogens is 394 g/mol. The smallest absolute Gasteiger partial charge is 0.342 e. The van der Waals surface area contributed by atoms with Gasteiger partial charge in [-0.05, 0) is 57.0 Å². The molecule has 0 spiro atoms. The highest BCUT2D eigenvalue weighted by Crippen LogP contribution is 2.39. The first kappa shape index (κ1) is 20.7. The monoisotopic (exact) mass is 421 g/mol. The Morgan fingerprint density at radius 1 is 1.19 bits per heavy atom. The van der Waals surface area contributed by atoms with E-state index in [9.17, 15) is 14.7 Å². The molecule has 1 aliphatic rings. The van der Waals surface area contributed by atoms with Gasteiger partial charge in [0.25, 0.3) is 5.91 Å². The van der Waals surface area contributed by atoms with E-state index in [1.165, 1.54) is 10.7 Å². The summed E-state index contributed by atoms with van der Waals surface area (Å²) in [5, 5.41) is 20.8. The highest BCUT2D eigenvalue weighted by molar-refractivity contribution is 6.03. The number of amides is 2. The lowest BCUT2D eigenvalue weighted by atomic mass is 9.82. The van der Waals surface area contributed by atoms with Crippen LogP contribution in [0.3, 0.4) is 0 Å². The highest BCUT2D eigenvalue weighted by Gasteiger charge is 2.27. The van der Waals surface area contributed by atoms with Gasteiger partial charge >= 0.3 is 6.03 Å². The first-order valence-electron chi connectivity index (χ1n) is 10.5. The molecule has 1 aromatic carbocycles. The molecule has 0 saturated heterocycles. The van der Waals surface area contributed by atoms with E-state index in [1.54, 1.807) is 42.1 Å². The van der Waals surface area contributed by atoms with E-state index >= 15 is 0 Å². The number of phenols is 1. The van der Waals surface area contributed by atoms with Gasteiger partial charge in [-0.2, -0.15) is 9.78 Å². The molecule has 31 heavy (non-hydrogen) atoms. The Kier molecular flexibility index (Phi) is 5.54. The van der Waals surface area contributed by atoms with Crippen molar-refractivity contribution in [3.05, 3.63) is 54.0 Å². The zero-order valence-electron chi connectivity index (χ0n) is 17.9. The molecule has 0 aliphatic heterocycles. The molecule has 1 fully saturated rings. The molecule has 4 rings (SSSR count). The molecule has 8 heteroatoms. The third kappa shape index (κ3) is 4.19. The van der Waals surface area contributed by atoms with Crippen molar-refractivity contribution in [2.75, 3.05) is 5.32 Å². The maximum absolute atomic E-state index is 12.6. The molecule has 1 saturated carbocycles. The molecule has 0 unspecified atom stereocenters. The molecule has 8 nitrogen and oxygen atoms in total. The maximum atomic E-state index is 12.6. The van der Waals surface area contributed by atoms with Crippen LogP contribution in [0.5, 0.6) is 5.75 Å². The Labute approximate surface area is 180 Å². The van der Waals surface area contributed by atoms with Gasteiger partial charge in [-0.1, -0.05) is 6.42 Å². The standard InChI is InChI=1S/C23H27N5O3/c1-14(2)24-23(31)28-20(15-6-4-7-15)13-18(26-28)17-10-9-16(12-21(17)29)25-22(30)19-8-5-11-27(19)3/h5,8-15,29H,4,6-7H2,1-3H3,(H,24,31)(H,25,30). The van der Waals surface area contributed by atoms with Crippen LogP contribution in [0.1, 0.15) is 55.2 Å². The molecule has 2 heterocycles. The summed E-state index contributed by atoms with van der Waals surface area (Å²) in [5.41, 5.74) is 2.89. The van der Waals surface area contributed by atoms with E-state index < -0.39 is 0 Å². The van der Waals surface area contributed by atoms with Crippen LogP contribution in [-0.4, -0.2) is 37.4 Å². The number of hydrogen-bond acceptors (Lipinski definition) is 4. The van der Waals surface area contributed by atoms with Gasteiger partial charge in [-0.15, -0.1) is 0 Å². The minimum atomic E-state index is -0.269. The van der Waals surface area contributed by atoms with Gasteiger partial charge in [0, 0.05) is 42.5 Å². The lowest BCUT2D eigenvalue weighted by Gasteiger charge is -2.25. The van der Waals surface area contributed by atoms with Crippen molar-refractivity contribution in [2.24, 2.45) is 7.05 Å². The van der Waals surface area contributed by atoms with E-state index in [1.807, 2.05) is 19.9 Å². The lowest BCUT2D eigenvalue weighted by molar-refractivity contribution is 0.101. The van der Waals surface area contributed by atoms with Crippen LogP contribution in [0.15, 0.2) is 42.6 Å². The van der Waals surface area contributed by atoms with E-state index in [-0.39, 0.29) is 23.7 Å². The van der Waals surface area contributed by atoms with Gasteiger partial charge in [0.2, 0.25) is 0 Å². The van der Waals surface area contributed by atoms with E-state index in [0.29, 0.717) is 28.6 Å². The van der Waals surface area contributed by atoms with Crippen LogP contribution in [0.25, 0.3) is 11.3 Å². The number of benzene rings is 1. The van der Waals surface area contributed by atoms with Crippen LogP contribution in [0, 0.1) is 0 Å². The number of carbonyl (C=O) groups excluding carboxylic acids is 2. The van der Waals surface area contributed by atoms with E-state index in [0.717, 1.165) is 25.0 Å². The van der Waals surface area contributed by atoms with Crippen molar-refractivity contribution in [3.63, 3.8) is 0 Å². The average Bonchev–Trinajstić information content (AvgIpc) is 3.26. The van der Waals surface area contributed by atoms with Crippen molar-refractivity contribution >= 4 is 17.6 Å². The number of nitrogens with zero attached hydrogens (tertiary/aromatic N) is 3. The second-order valence-electron chi connectivity index (χ2n) is 8.29. The fraction of sp³-hybridized carbons (Fsp3) is 0.348. The number of aryl methyl sites for hydroxylation is 1. The normalized spacial score (nSPS) is 13.8. The first-order valence-corrected chi connectivity index (χ1v) is 10.5. The van der Waals surface area contributed by atoms with Crippen molar-refractivity contribution in [1.29, 1.82) is 0 Å². The number of phenolic OH excluding ortho intramolecular Hbond substituents is 1. The summed E-state index contributed by atoms with van der Waals surface area (Å²) < 4.78 is 3.14. The summed E-state index contributed by atoms with van der Waals surface area (Å²) in [4.78, 5) is 25.1. The third-order valence-corrected chi connectivity index (χ3v) is 5.57. The van der Waals surface area contributed by atoms with Crippen molar-refractivity contribution in [2.45, 2.75) is 45.1 Å². The maximum Gasteiger partial charge on any atom is 0.342 e. The second-order valence-corrected chi connectivity index (χ2v) is 8.29. The third-order valence-electron chi connectivity index (χ3n) is 5.57. The minimum Gasteiger partial charge on any atom is -0.507 e. The Bertz CT molecular complexity index is 1120. The predicted molar refractivity (Wildman–Crippen MR) is 118 cm³/mol. The van der Waals surface area contributed by atoms with Crippen LogP contribution in [0.2, 0.25) is 0 Å². The highest BCUT2D eigenvalue weighted by atomic mass is 16.3. The van der Waals surface area contributed by atoms with Gasteiger partial charge in [-0.3, -0.25) is 4.79 Å². The number of anilines is 1. The van der Waals surface area contributed by atoms with Crippen molar-refractivity contribution in [1.82, 2.24) is 19.7 Å². The van der Waals surface area contributed by atoms with Gasteiger partial charge in [0.05, 0.1) is 11.4 Å². The molecule has 0 atom stereocenters. The van der Waals surface area contributed by atoms with Crippen molar-refractivity contribution < 1.29 is 14.7 Å². The largest absolute Gasteiger partial charge is 0.507 e. The van der Waals surface area contributed by atoms with E-state index in [4.69, 9.17) is 0 Å². The summed E-state index contributed by atoms with van der Waals surface area (Å²) in [7, 11) is 1.79. The Balaban J connectivity index is 1.60. The summed E-state index contributed by atoms with van der Waals surface area (Å²) in [5.74, 6) is 0.0189. The number of rotatable bonds is 5. The summed E-state index contributed by atoms with van der Waals surface area (Å²) in [6.45, 7) is 3.80. The van der Waals surface area contributed by atoms with Gasteiger partial charge in [0.1, 0.15) is 11.4 Å². The van der Waals surface area contributed by atoms with Gasteiger partial charge in [-0.25, -0.2) is 4.79 Å². The number of nitrogens with one attached hydrogen (secondary N) is 2. The lowest BCUT2D eigenvalue weighted by Crippen LogP contribution is -2.36. The fourth-order valence-electron chi connectivity index (χ4n) is 3.71. The average molecular weight is 422 g/mol. The topological polar surface area (TPSA) is 101 Å². The number of carbonyl (C=O) groups is 2. The molecule has 0 radical (unpaired) electrons. The molecular formula is C23H27N5O3. The number of aromatic nitrogens is 3. The Hall–Kier alpha value is -3.55. The van der Waals surface area contributed by atoms with Crippen LogP contribution in [0.4, 0.5) is 10.5 Å². The molecule has 3 N–H and O–H groups in total. The zero-order chi connectivity index (χ0) is 22.1. The SMILES string of the molecule is CC(C)NC(=O)n1nc(-c2ccc(NC(=O)c3cccn3C)cc2O)cc1C1CCC1. The number of hydrogen-bond donors (Lipinski definition) is 3. The quantitative estimate of drug-likeness (QED) is 0.578. The summed E-state index contributed by atoms with van der Waals surface area (Å²) in [6, 6.07) is 10.0. The summed E-state index contributed by atoms with van der Waals surface area (Å²) >= 11 is 0. The molecule has 2 aromatic heterocycles. The van der Waals surface area contributed by atoms with Gasteiger partial charge in [0.15, 0.2) is 0 Å². The molecule has 2 amide bonds. The fourth-order valence-corrected chi connectivity index (χ4v) is 3.71. The summed E-state index contributed by atoms with van der Waals surface area (Å²) in [6.07, 6.45) is 4.98. The molecule has 162 valence electrons. The Morgan fingerprint density at radius 2 is 1.97 bits per heavy atom. The van der Waals surface area contributed by atoms with E-state index in [2.05, 4.69) is 15.7 Å². The van der Waals surface area contributed by atoms with Crippen LogP contribution >= 0.6 is 0 Å².